The van der Waals surface area contributed by atoms with E-state index in [4.69, 9.17) is 4.74 Å². The molecule has 0 radical (unpaired) electrons. The van der Waals surface area contributed by atoms with Crippen LogP contribution in [-0.4, -0.2) is 47.6 Å². The molecule has 0 saturated carbocycles. The minimum atomic E-state index is -0.493. The van der Waals surface area contributed by atoms with Crippen LogP contribution in [0.15, 0.2) is 4.99 Å². The normalized spacial score (nSPS) is 11.6. The third-order valence-corrected chi connectivity index (χ3v) is 3.77. The minimum Gasteiger partial charge on any atom is -0.444 e. The van der Waals surface area contributed by atoms with Crippen molar-refractivity contribution in [3.63, 3.8) is 0 Å². The van der Waals surface area contributed by atoms with E-state index >= 15 is 0 Å². The predicted molar refractivity (Wildman–Crippen MR) is 120 cm³/mol. The van der Waals surface area contributed by atoms with E-state index < -0.39 is 11.7 Å². The predicted octanol–water partition coefficient (Wildman–Crippen LogP) is 2.35. The van der Waals surface area contributed by atoms with Crippen molar-refractivity contribution in [2.24, 2.45) is 12.0 Å². The molecule has 1 aromatic heterocycles. The first-order chi connectivity index (χ1) is 12.2. The Balaban J connectivity index is 0.00000676. The summed E-state index contributed by atoms with van der Waals surface area (Å²) in [5.74, 6) is 0.684. The second-order valence-electron chi connectivity index (χ2n) is 6.98. The standard InChI is InChI=1S/C18H34N6O2.HI/c1-8-14-13(15(9-2)24(7)23-14)12-22-16(19-6)20-10-11-21-17(25)26-18(3,4)5;/h8-12H2,1-7H3,(H,21,25)(H2,19,20,22);1H. The molecule has 0 aliphatic heterocycles. The molecule has 0 bridgehead atoms. The highest BCUT2D eigenvalue weighted by Gasteiger charge is 2.16. The van der Waals surface area contributed by atoms with Crippen molar-refractivity contribution in [2.45, 2.75) is 59.6 Å². The number of amides is 1. The van der Waals surface area contributed by atoms with Crippen LogP contribution < -0.4 is 16.0 Å². The quantitative estimate of drug-likeness (QED) is 0.234. The van der Waals surface area contributed by atoms with E-state index in [-0.39, 0.29) is 24.0 Å². The summed E-state index contributed by atoms with van der Waals surface area (Å²) in [6, 6.07) is 0. The van der Waals surface area contributed by atoms with Crippen molar-refractivity contribution in [1.29, 1.82) is 0 Å². The summed E-state index contributed by atoms with van der Waals surface area (Å²) in [5, 5.41) is 13.8. The van der Waals surface area contributed by atoms with Gasteiger partial charge in [-0.3, -0.25) is 9.67 Å². The van der Waals surface area contributed by atoms with Crippen molar-refractivity contribution in [3.05, 3.63) is 17.0 Å². The van der Waals surface area contributed by atoms with Crippen molar-refractivity contribution in [2.75, 3.05) is 20.1 Å². The van der Waals surface area contributed by atoms with Gasteiger partial charge in [-0.25, -0.2) is 4.79 Å². The lowest BCUT2D eigenvalue weighted by Gasteiger charge is -2.20. The number of halogens is 1. The molecule has 0 fully saturated rings. The molecule has 1 aromatic rings. The largest absolute Gasteiger partial charge is 0.444 e. The van der Waals surface area contributed by atoms with Crippen LogP contribution in [0.1, 0.15) is 51.6 Å². The Kier molecular flexibility index (Phi) is 11.4. The summed E-state index contributed by atoms with van der Waals surface area (Å²) in [6.07, 6.45) is 1.42. The molecule has 0 atom stereocenters. The number of alkyl carbamates (subject to hydrolysis) is 1. The second kappa shape index (κ2) is 12.0. The van der Waals surface area contributed by atoms with Crippen LogP contribution >= 0.6 is 24.0 Å². The zero-order valence-corrected chi connectivity index (χ0v) is 19.9. The number of carbonyl (C=O) groups is 1. The fourth-order valence-electron chi connectivity index (χ4n) is 2.65. The number of aliphatic imine (C=N–C) groups is 1. The summed E-state index contributed by atoms with van der Waals surface area (Å²) in [6.45, 7) is 11.4. The van der Waals surface area contributed by atoms with Gasteiger partial charge in [0.05, 0.1) is 5.69 Å². The van der Waals surface area contributed by atoms with Gasteiger partial charge in [-0.1, -0.05) is 13.8 Å². The molecule has 0 aromatic carbocycles. The maximum atomic E-state index is 11.6. The van der Waals surface area contributed by atoms with Crippen molar-refractivity contribution in [1.82, 2.24) is 25.7 Å². The lowest BCUT2D eigenvalue weighted by Crippen LogP contribution is -2.42. The summed E-state index contributed by atoms with van der Waals surface area (Å²) < 4.78 is 7.15. The number of hydrogen-bond donors (Lipinski definition) is 3. The van der Waals surface area contributed by atoms with E-state index in [0.717, 1.165) is 18.5 Å². The molecule has 1 heterocycles. The lowest BCUT2D eigenvalue weighted by atomic mass is 10.1. The summed E-state index contributed by atoms with van der Waals surface area (Å²) in [7, 11) is 3.71. The van der Waals surface area contributed by atoms with Crippen LogP contribution in [0, 0.1) is 0 Å². The number of nitrogens with one attached hydrogen (secondary N) is 3. The van der Waals surface area contributed by atoms with E-state index in [0.29, 0.717) is 25.6 Å². The van der Waals surface area contributed by atoms with Gasteiger partial charge < -0.3 is 20.7 Å². The van der Waals surface area contributed by atoms with E-state index in [9.17, 15) is 4.79 Å². The van der Waals surface area contributed by atoms with Gasteiger partial charge in [-0.05, 0) is 33.6 Å². The summed E-state index contributed by atoms with van der Waals surface area (Å²) in [4.78, 5) is 15.8. The summed E-state index contributed by atoms with van der Waals surface area (Å²) in [5.41, 5.74) is 3.08. The molecule has 1 rings (SSSR count). The maximum Gasteiger partial charge on any atom is 0.407 e. The second-order valence-corrected chi connectivity index (χ2v) is 6.98. The van der Waals surface area contributed by atoms with Gasteiger partial charge in [0.25, 0.3) is 0 Å². The minimum absolute atomic E-state index is 0. The number of guanidine groups is 1. The number of hydrogen-bond acceptors (Lipinski definition) is 4. The van der Waals surface area contributed by atoms with Crippen LogP contribution in [0.2, 0.25) is 0 Å². The van der Waals surface area contributed by atoms with E-state index in [1.807, 2.05) is 32.5 Å². The fourth-order valence-corrected chi connectivity index (χ4v) is 2.65. The van der Waals surface area contributed by atoms with Crippen LogP contribution in [0.5, 0.6) is 0 Å². The monoisotopic (exact) mass is 494 g/mol. The highest BCUT2D eigenvalue weighted by atomic mass is 127. The van der Waals surface area contributed by atoms with E-state index in [2.05, 4.69) is 39.9 Å². The Morgan fingerprint density at radius 2 is 1.78 bits per heavy atom. The molecule has 0 aliphatic carbocycles. The van der Waals surface area contributed by atoms with Crippen molar-refractivity contribution >= 4 is 36.0 Å². The first kappa shape index (κ1) is 25.5. The Labute approximate surface area is 179 Å². The van der Waals surface area contributed by atoms with Gasteiger partial charge in [0.2, 0.25) is 0 Å². The maximum absolute atomic E-state index is 11.6. The molecule has 3 N–H and O–H groups in total. The molecule has 0 unspecified atom stereocenters. The Morgan fingerprint density at radius 3 is 2.30 bits per heavy atom. The Morgan fingerprint density at radius 1 is 1.15 bits per heavy atom. The number of carbonyl (C=O) groups excluding carboxylic acids is 1. The molecule has 27 heavy (non-hydrogen) atoms. The molecule has 0 aliphatic rings. The van der Waals surface area contributed by atoms with Crippen LogP contribution in [0.4, 0.5) is 4.79 Å². The van der Waals surface area contributed by atoms with Crippen molar-refractivity contribution in [3.8, 4) is 0 Å². The van der Waals surface area contributed by atoms with Crippen LogP contribution in [0.25, 0.3) is 0 Å². The molecule has 1 amide bonds. The summed E-state index contributed by atoms with van der Waals surface area (Å²) >= 11 is 0. The highest BCUT2D eigenvalue weighted by Crippen LogP contribution is 2.15. The zero-order valence-electron chi connectivity index (χ0n) is 17.6. The first-order valence-electron chi connectivity index (χ1n) is 9.16. The molecule has 0 saturated heterocycles. The van der Waals surface area contributed by atoms with Gasteiger partial charge in [0.15, 0.2) is 5.96 Å². The molecular weight excluding hydrogens is 459 g/mol. The molecule has 9 heteroatoms. The number of rotatable bonds is 7. The lowest BCUT2D eigenvalue weighted by molar-refractivity contribution is 0.0529. The van der Waals surface area contributed by atoms with Gasteiger partial charge in [-0.15, -0.1) is 24.0 Å². The third kappa shape index (κ3) is 8.81. The highest BCUT2D eigenvalue weighted by molar-refractivity contribution is 14.0. The van der Waals surface area contributed by atoms with E-state index in [1.54, 1.807) is 7.05 Å². The SMILES string of the molecule is CCc1nn(C)c(CC)c1CNC(=NC)NCCNC(=O)OC(C)(C)C.I. The number of aromatic nitrogens is 2. The Bertz CT molecular complexity index is 622. The zero-order chi connectivity index (χ0) is 19.7. The van der Waals surface area contributed by atoms with Crippen LogP contribution in [0.3, 0.4) is 0 Å². The molecule has 0 spiro atoms. The molecule has 8 nitrogen and oxygen atoms in total. The third-order valence-electron chi connectivity index (χ3n) is 3.77. The van der Waals surface area contributed by atoms with Gasteiger partial charge in [-0.2, -0.15) is 5.10 Å². The topological polar surface area (TPSA) is 92.6 Å². The first-order valence-corrected chi connectivity index (χ1v) is 9.16. The average molecular weight is 494 g/mol. The van der Waals surface area contributed by atoms with Gasteiger partial charge in [0, 0.05) is 45.0 Å². The molecular formula is C18H35IN6O2. The number of nitrogens with zero attached hydrogens (tertiary/aromatic N) is 3. The number of aryl methyl sites for hydroxylation is 2. The van der Waals surface area contributed by atoms with E-state index in [1.165, 1.54) is 11.3 Å². The average Bonchev–Trinajstić information content (AvgIpc) is 2.87. The molecule has 156 valence electrons. The Hall–Kier alpha value is -1.52. The smallest absolute Gasteiger partial charge is 0.407 e. The van der Waals surface area contributed by atoms with Gasteiger partial charge in [0.1, 0.15) is 5.60 Å². The van der Waals surface area contributed by atoms with Crippen molar-refractivity contribution < 1.29 is 9.53 Å². The van der Waals surface area contributed by atoms with Gasteiger partial charge >= 0.3 is 6.09 Å². The number of ether oxygens (including phenoxy) is 1. The fraction of sp³-hybridized carbons (Fsp3) is 0.722. The van der Waals surface area contributed by atoms with Crippen LogP contribution in [-0.2, 0) is 31.2 Å².